The van der Waals surface area contributed by atoms with Gasteiger partial charge in [-0.25, -0.2) is 4.98 Å². The number of aromatic nitrogens is 1. The molecule has 2 aromatic rings. The van der Waals surface area contributed by atoms with Gasteiger partial charge in [0.1, 0.15) is 5.15 Å². The van der Waals surface area contributed by atoms with E-state index < -0.39 is 0 Å². The van der Waals surface area contributed by atoms with Crippen molar-refractivity contribution in [1.82, 2.24) is 4.98 Å². The van der Waals surface area contributed by atoms with Gasteiger partial charge in [-0.3, -0.25) is 4.79 Å². The van der Waals surface area contributed by atoms with Gasteiger partial charge in [0.15, 0.2) is 0 Å². The Morgan fingerprint density at radius 3 is 2.71 bits per heavy atom. The van der Waals surface area contributed by atoms with Crippen molar-refractivity contribution in [2.45, 2.75) is 33.1 Å². The smallest absolute Gasteiger partial charge is 0.255 e. The molecule has 0 saturated heterocycles. The number of rotatable bonds is 4. The van der Waals surface area contributed by atoms with E-state index in [0.29, 0.717) is 16.6 Å². The largest absolute Gasteiger partial charge is 0.322 e. The average molecular weight is 303 g/mol. The normalized spacial score (nSPS) is 10.7. The molecule has 0 fully saturated rings. The second kappa shape index (κ2) is 6.72. The first-order valence-electron chi connectivity index (χ1n) is 7.07. The monoisotopic (exact) mass is 302 g/mol. The average Bonchev–Trinajstić information content (AvgIpc) is 2.46. The van der Waals surface area contributed by atoms with Crippen molar-refractivity contribution in [3.05, 3.63) is 58.4 Å². The Labute approximate surface area is 130 Å². The number of nitrogens with zero attached hydrogens (tertiary/aromatic N) is 1. The quantitative estimate of drug-likeness (QED) is 0.834. The summed E-state index contributed by atoms with van der Waals surface area (Å²) in [4.78, 5) is 16.5. The van der Waals surface area contributed by atoms with Crippen LogP contribution in [0.3, 0.4) is 0 Å². The van der Waals surface area contributed by atoms with Gasteiger partial charge in [0.05, 0.1) is 0 Å². The van der Waals surface area contributed by atoms with Crippen LogP contribution in [0.15, 0.2) is 36.4 Å². The predicted molar refractivity (Wildman–Crippen MR) is 87.1 cm³/mol. The van der Waals surface area contributed by atoms with Crippen molar-refractivity contribution in [2.75, 3.05) is 5.32 Å². The highest BCUT2D eigenvalue weighted by atomic mass is 35.5. The highest BCUT2D eigenvalue weighted by Crippen LogP contribution is 2.19. The molecule has 0 bridgehead atoms. The lowest BCUT2D eigenvalue weighted by molar-refractivity contribution is 0.102. The maximum atomic E-state index is 12.3. The molecule has 2 rings (SSSR count). The molecule has 1 aromatic heterocycles. The van der Waals surface area contributed by atoms with E-state index in [2.05, 4.69) is 30.2 Å². The van der Waals surface area contributed by atoms with Crippen LogP contribution in [0, 0.1) is 0 Å². The van der Waals surface area contributed by atoms with Crippen LogP contribution < -0.4 is 5.32 Å². The van der Waals surface area contributed by atoms with Gasteiger partial charge in [0, 0.05) is 16.9 Å². The highest BCUT2D eigenvalue weighted by molar-refractivity contribution is 6.29. The number of hydrogen-bond donors (Lipinski definition) is 1. The number of amides is 1. The Kier molecular flexibility index (Phi) is 4.97. The number of carbonyl (C=O) groups is 1. The maximum Gasteiger partial charge on any atom is 0.255 e. The molecular weight excluding hydrogens is 284 g/mol. The molecule has 0 radical (unpaired) electrons. The van der Waals surface area contributed by atoms with E-state index in [4.69, 9.17) is 11.6 Å². The van der Waals surface area contributed by atoms with Crippen molar-refractivity contribution >= 4 is 23.2 Å². The molecule has 0 atom stereocenters. The Balaban J connectivity index is 2.21. The Hall–Kier alpha value is -1.87. The van der Waals surface area contributed by atoms with E-state index in [1.54, 1.807) is 12.1 Å². The van der Waals surface area contributed by atoms with Crippen molar-refractivity contribution in [2.24, 2.45) is 0 Å². The summed E-state index contributed by atoms with van der Waals surface area (Å²) in [6.07, 6.45) is 0.740. The molecule has 4 heteroatoms. The number of benzene rings is 1. The fourth-order valence-electron chi connectivity index (χ4n) is 2.04. The van der Waals surface area contributed by atoms with Crippen LogP contribution in [0.25, 0.3) is 0 Å². The third-order valence-corrected chi connectivity index (χ3v) is 3.48. The molecule has 110 valence electrons. The molecule has 3 nitrogen and oxygen atoms in total. The fourth-order valence-corrected chi connectivity index (χ4v) is 2.27. The molecule has 1 aromatic carbocycles. The van der Waals surface area contributed by atoms with Crippen LogP contribution in [0.4, 0.5) is 5.69 Å². The highest BCUT2D eigenvalue weighted by Gasteiger charge is 2.10. The van der Waals surface area contributed by atoms with Gasteiger partial charge in [-0.15, -0.1) is 0 Å². The summed E-state index contributed by atoms with van der Waals surface area (Å²) in [5.41, 5.74) is 3.32. The van der Waals surface area contributed by atoms with E-state index in [1.165, 1.54) is 5.56 Å². The van der Waals surface area contributed by atoms with Gasteiger partial charge in [0.25, 0.3) is 5.91 Å². The number of pyridine rings is 1. The summed E-state index contributed by atoms with van der Waals surface area (Å²) < 4.78 is 0. The molecule has 1 N–H and O–H groups in total. The van der Waals surface area contributed by atoms with Crippen molar-refractivity contribution in [1.29, 1.82) is 0 Å². The molecule has 0 spiro atoms. The zero-order valence-electron chi connectivity index (χ0n) is 12.5. The SMILES string of the molecule is CCc1cc(C(=O)Nc2cccc(C(C)C)c2)cc(Cl)n1. The van der Waals surface area contributed by atoms with Crippen molar-refractivity contribution in [3.63, 3.8) is 0 Å². The Bertz CT molecular complexity index is 653. The van der Waals surface area contributed by atoms with Crippen LogP contribution in [-0.4, -0.2) is 10.9 Å². The third-order valence-electron chi connectivity index (χ3n) is 3.28. The van der Waals surface area contributed by atoms with E-state index in [0.717, 1.165) is 17.8 Å². The minimum Gasteiger partial charge on any atom is -0.322 e. The minimum atomic E-state index is -0.171. The second-order valence-electron chi connectivity index (χ2n) is 5.26. The Morgan fingerprint density at radius 2 is 2.05 bits per heavy atom. The summed E-state index contributed by atoms with van der Waals surface area (Å²) in [5.74, 6) is 0.249. The van der Waals surface area contributed by atoms with E-state index in [-0.39, 0.29) is 5.91 Å². The standard InChI is InChI=1S/C17H19ClN2O/c1-4-14-9-13(10-16(18)19-14)17(21)20-15-7-5-6-12(8-15)11(2)3/h5-11H,4H2,1-3H3,(H,20,21). The van der Waals surface area contributed by atoms with Gasteiger partial charge in [-0.05, 0) is 42.2 Å². The van der Waals surface area contributed by atoms with Gasteiger partial charge >= 0.3 is 0 Å². The first kappa shape index (κ1) is 15.5. The van der Waals surface area contributed by atoms with Crippen LogP contribution in [0.1, 0.15) is 48.3 Å². The maximum absolute atomic E-state index is 12.3. The first-order chi connectivity index (χ1) is 9.99. The number of carbonyl (C=O) groups excluding carboxylic acids is 1. The van der Waals surface area contributed by atoms with Crippen LogP contribution in [0.2, 0.25) is 5.15 Å². The lowest BCUT2D eigenvalue weighted by atomic mass is 10.0. The van der Waals surface area contributed by atoms with Gasteiger partial charge in [-0.2, -0.15) is 0 Å². The minimum absolute atomic E-state index is 0.171. The van der Waals surface area contributed by atoms with Gasteiger partial charge in [-0.1, -0.05) is 44.5 Å². The van der Waals surface area contributed by atoms with Crippen LogP contribution in [0.5, 0.6) is 0 Å². The Morgan fingerprint density at radius 1 is 1.29 bits per heavy atom. The number of halogens is 1. The summed E-state index contributed by atoms with van der Waals surface area (Å²) >= 11 is 5.95. The number of aryl methyl sites for hydroxylation is 1. The predicted octanol–water partition coefficient (Wildman–Crippen LogP) is 4.67. The molecule has 21 heavy (non-hydrogen) atoms. The summed E-state index contributed by atoms with van der Waals surface area (Å²) in [6, 6.07) is 11.2. The van der Waals surface area contributed by atoms with Gasteiger partial charge < -0.3 is 5.32 Å². The number of nitrogens with one attached hydrogen (secondary N) is 1. The molecule has 0 aliphatic heterocycles. The molecule has 0 aliphatic rings. The summed E-state index contributed by atoms with van der Waals surface area (Å²) in [5, 5.41) is 3.25. The molecular formula is C17H19ClN2O. The first-order valence-corrected chi connectivity index (χ1v) is 7.45. The molecule has 0 saturated carbocycles. The topological polar surface area (TPSA) is 42.0 Å². The number of hydrogen-bond acceptors (Lipinski definition) is 2. The number of anilines is 1. The third kappa shape index (κ3) is 4.05. The lowest BCUT2D eigenvalue weighted by Crippen LogP contribution is -2.13. The second-order valence-corrected chi connectivity index (χ2v) is 5.64. The molecule has 1 heterocycles. The summed E-state index contributed by atoms with van der Waals surface area (Å²) in [7, 11) is 0. The van der Waals surface area contributed by atoms with E-state index in [1.807, 2.05) is 25.1 Å². The van der Waals surface area contributed by atoms with E-state index in [9.17, 15) is 4.79 Å². The van der Waals surface area contributed by atoms with Crippen LogP contribution in [-0.2, 0) is 6.42 Å². The van der Waals surface area contributed by atoms with E-state index >= 15 is 0 Å². The van der Waals surface area contributed by atoms with Crippen molar-refractivity contribution in [3.8, 4) is 0 Å². The fraction of sp³-hybridized carbons (Fsp3) is 0.294. The lowest BCUT2D eigenvalue weighted by Gasteiger charge is -2.10. The van der Waals surface area contributed by atoms with Crippen LogP contribution >= 0.6 is 11.6 Å². The molecule has 1 amide bonds. The summed E-state index contributed by atoms with van der Waals surface area (Å²) in [6.45, 7) is 6.22. The zero-order valence-corrected chi connectivity index (χ0v) is 13.2. The van der Waals surface area contributed by atoms with Gasteiger partial charge in [0.2, 0.25) is 0 Å². The molecule has 0 unspecified atom stereocenters. The molecule has 0 aliphatic carbocycles. The van der Waals surface area contributed by atoms with Crippen molar-refractivity contribution < 1.29 is 4.79 Å². The zero-order chi connectivity index (χ0) is 15.4.